The van der Waals surface area contributed by atoms with Crippen molar-refractivity contribution < 1.29 is 8.42 Å². The quantitative estimate of drug-likeness (QED) is 0.441. The van der Waals surface area contributed by atoms with Crippen LogP contribution in [-0.4, -0.2) is 19.4 Å². The van der Waals surface area contributed by atoms with E-state index in [0.717, 1.165) is 12.8 Å². The average Bonchev–Trinajstić information content (AvgIpc) is 2.53. The van der Waals surface area contributed by atoms with E-state index in [4.69, 9.17) is 0 Å². The highest BCUT2D eigenvalue weighted by Gasteiger charge is 2.14. The summed E-state index contributed by atoms with van der Waals surface area (Å²) in [5.41, 5.74) is 1.45. The Kier molecular flexibility index (Phi) is 10.3. The van der Waals surface area contributed by atoms with Crippen molar-refractivity contribution in [1.29, 1.82) is 0 Å². The SMILES string of the molecule is CC(C)S(=O)(=O)CCCCCCCCCCCc1ccccc1. The highest BCUT2D eigenvalue weighted by atomic mass is 32.2. The molecule has 0 spiro atoms. The van der Waals surface area contributed by atoms with Gasteiger partial charge in [0, 0.05) is 0 Å². The average molecular weight is 339 g/mol. The van der Waals surface area contributed by atoms with Crippen molar-refractivity contribution in [1.82, 2.24) is 0 Å². The molecule has 0 atom stereocenters. The van der Waals surface area contributed by atoms with E-state index in [0.29, 0.717) is 5.75 Å². The molecule has 0 amide bonds. The predicted molar refractivity (Wildman–Crippen MR) is 101 cm³/mol. The molecule has 0 aromatic heterocycles. The first-order chi connectivity index (χ1) is 11.0. The standard InChI is InChI=1S/C20H34O2S/c1-19(2)23(21,22)18-14-9-7-5-3-4-6-8-11-15-20-16-12-10-13-17-20/h10,12-13,16-17,19H,3-9,11,14-15,18H2,1-2H3. The minimum atomic E-state index is -2.83. The van der Waals surface area contributed by atoms with Crippen molar-refractivity contribution in [3.8, 4) is 0 Å². The fourth-order valence-electron chi connectivity index (χ4n) is 2.75. The molecule has 0 bridgehead atoms. The molecule has 0 fully saturated rings. The van der Waals surface area contributed by atoms with Crippen LogP contribution in [0, 0.1) is 0 Å². The number of hydrogen-bond acceptors (Lipinski definition) is 2. The second-order valence-electron chi connectivity index (χ2n) is 6.83. The van der Waals surface area contributed by atoms with Crippen molar-refractivity contribution in [2.45, 2.75) is 83.3 Å². The molecular weight excluding hydrogens is 304 g/mol. The predicted octanol–water partition coefficient (Wildman–Crippen LogP) is 5.56. The summed E-state index contributed by atoms with van der Waals surface area (Å²) in [5, 5.41) is -0.224. The van der Waals surface area contributed by atoms with Gasteiger partial charge in [0.05, 0.1) is 11.0 Å². The van der Waals surface area contributed by atoms with Crippen LogP contribution in [0.5, 0.6) is 0 Å². The molecule has 0 heterocycles. The summed E-state index contributed by atoms with van der Waals surface area (Å²) in [5.74, 6) is 0.365. The maximum Gasteiger partial charge on any atom is 0.152 e. The molecule has 0 N–H and O–H groups in total. The van der Waals surface area contributed by atoms with Crippen LogP contribution in [0.2, 0.25) is 0 Å². The Morgan fingerprint density at radius 1 is 0.739 bits per heavy atom. The van der Waals surface area contributed by atoms with E-state index in [1.165, 1.54) is 56.9 Å². The number of sulfone groups is 1. The van der Waals surface area contributed by atoms with Gasteiger partial charge in [0.2, 0.25) is 0 Å². The zero-order valence-electron chi connectivity index (χ0n) is 15.0. The summed E-state index contributed by atoms with van der Waals surface area (Å²) in [7, 11) is -2.83. The van der Waals surface area contributed by atoms with E-state index < -0.39 is 9.84 Å². The van der Waals surface area contributed by atoms with Gasteiger partial charge >= 0.3 is 0 Å². The Labute approximate surface area is 143 Å². The lowest BCUT2D eigenvalue weighted by molar-refractivity contribution is 0.558. The summed E-state index contributed by atoms with van der Waals surface area (Å²) < 4.78 is 23.3. The monoisotopic (exact) mass is 338 g/mol. The number of hydrogen-bond donors (Lipinski definition) is 0. The first-order valence-corrected chi connectivity index (χ1v) is 11.0. The van der Waals surface area contributed by atoms with Crippen LogP contribution >= 0.6 is 0 Å². The Morgan fingerprint density at radius 2 is 1.22 bits per heavy atom. The zero-order valence-corrected chi connectivity index (χ0v) is 15.8. The normalized spacial score (nSPS) is 12.0. The minimum absolute atomic E-state index is 0.224. The van der Waals surface area contributed by atoms with Gasteiger partial charge in [-0.2, -0.15) is 0 Å². The number of aryl methyl sites for hydroxylation is 1. The third-order valence-electron chi connectivity index (χ3n) is 4.46. The third-order valence-corrected chi connectivity index (χ3v) is 6.75. The topological polar surface area (TPSA) is 34.1 Å². The van der Waals surface area contributed by atoms with Gasteiger partial charge < -0.3 is 0 Å². The van der Waals surface area contributed by atoms with Gasteiger partial charge in [0.15, 0.2) is 9.84 Å². The van der Waals surface area contributed by atoms with E-state index in [-0.39, 0.29) is 5.25 Å². The largest absolute Gasteiger partial charge is 0.229 e. The lowest BCUT2D eigenvalue weighted by atomic mass is 10.0. The van der Waals surface area contributed by atoms with Crippen molar-refractivity contribution in [3.63, 3.8) is 0 Å². The molecule has 0 unspecified atom stereocenters. The third kappa shape index (κ3) is 9.80. The lowest BCUT2D eigenvalue weighted by Crippen LogP contribution is -2.17. The fourth-order valence-corrected chi connectivity index (χ4v) is 3.83. The van der Waals surface area contributed by atoms with E-state index in [1.807, 2.05) is 0 Å². The first-order valence-electron chi connectivity index (χ1n) is 9.28. The molecule has 0 aliphatic heterocycles. The first kappa shape index (κ1) is 20.2. The Hall–Kier alpha value is -0.830. The van der Waals surface area contributed by atoms with Gasteiger partial charge in [-0.25, -0.2) is 8.42 Å². The van der Waals surface area contributed by atoms with E-state index in [2.05, 4.69) is 30.3 Å². The van der Waals surface area contributed by atoms with Crippen LogP contribution in [0.4, 0.5) is 0 Å². The maximum atomic E-state index is 11.7. The fraction of sp³-hybridized carbons (Fsp3) is 0.700. The Bertz CT molecular complexity index is 492. The van der Waals surface area contributed by atoms with Crippen LogP contribution in [-0.2, 0) is 16.3 Å². The molecule has 23 heavy (non-hydrogen) atoms. The van der Waals surface area contributed by atoms with Gasteiger partial charge in [0.25, 0.3) is 0 Å². The summed E-state index contributed by atoms with van der Waals surface area (Å²) in [4.78, 5) is 0. The van der Waals surface area contributed by atoms with Gasteiger partial charge in [-0.3, -0.25) is 0 Å². The number of unbranched alkanes of at least 4 members (excludes halogenated alkanes) is 8. The van der Waals surface area contributed by atoms with Crippen molar-refractivity contribution in [2.24, 2.45) is 0 Å². The summed E-state index contributed by atoms with van der Waals surface area (Å²) in [6.07, 6.45) is 12.1. The molecule has 1 rings (SSSR count). The molecule has 2 nitrogen and oxygen atoms in total. The molecule has 0 aliphatic rings. The molecule has 0 radical (unpaired) electrons. The van der Waals surface area contributed by atoms with Gasteiger partial charge in [0.1, 0.15) is 0 Å². The van der Waals surface area contributed by atoms with E-state index in [9.17, 15) is 8.42 Å². The molecule has 132 valence electrons. The lowest BCUT2D eigenvalue weighted by Gasteiger charge is -2.07. The summed E-state index contributed by atoms with van der Waals surface area (Å²) in [6, 6.07) is 10.7. The molecule has 0 aliphatic carbocycles. The Morgan fingerprint density at radius 3 is 1.74 bits per heavy atom. The second-order valence-corrected chi connectivity index (χ2v) is 9.51. The van der Waals surface area contributed by atoms with Crippen molar-refractivity contribution >= 4 is 9.84 Å². The molecule has 1 aromatic rings. The summed E-state index contributed by atoms with van der Waals surface area (Å²) >= 11 is 0. The molecular formula is C20H34O2S. The second kappa shape index (κ2) is 11.7. The zero-order chi connectivity index (χ0) is 17.0. The number of benzene rings is 1. The molecule has 0 saturated heterocycles. The summed E-state index contributed by atoms with van der Waals surface area (Å²) in [6.45, 7) is 3.54. The van der Waals surface area contributed by atoms with Gasteiger partial charge in [-0.1, -0.05) is 75.3 Å². The minimum Gasteiger partial charge on any atom is -0.229 e. The van der Waals surface area contributed by atoms with Gasteiger partial charge in [-0.15, -0.1) is 0 Å². The Balaban J connectivity index is 1.87. The van der Waals surface area contributed by atoms with Crippen LogP contribution in [0.25, 0.3) is 0 Å². The highest BCUT2D eigenvalue weighted by Crippen LogP contribution is 2.13. The molecule has 1 aromatic carbocycles. The molecule has 0 saturated carbocycles. The van der Waals surface area contributed by atoms with Crippen LogP contribution in [0.3, 0.4) is 0 Å². The van der Waals surface area contributed by atoms with E-state index in [1.54, 1.807) is 13.8 Å². The number of rotatable bonds is 13. The highest BCUT2D eigenvalue weighted by molar-refractivity contribution is 7.91. The van der Waals surface area contributed by atoms with E-state index >= 15 is 0 Å². The van der Waals surface area contributed by atoms with Crippen LogP contribution in [0.15, 0.2) is 30.3 Å². The maximum absolute atomic E-state index is 11.7. The smallest absolute Gasteiger partial charge is 0.152 e. The molecule has 3 heteroatoms. The van der Waals surface area contributed by atoms with Crippen molar-refractivity contribution in [2.75, 3.05) is 5.75 Å². The van der Waals surface area contributed by atoms with Crippen LogP contribution < -0.4 is 0 Å². The van der Waals surface area contributed by atoms with Gasteiger partial charge in [-0.05, 0) is 38.7 Å². The van der Waals surface area contributed by atoms with Crippen LogP contribution in [0.1, 0.15) is 77.2 Å². The van der Waals surface area contributed by atoms with Crippen molar-refractivity contribution in [3.05, 3.63) is 35.9 Å².